The van der Waals surface area contributed by atoms with Crippen LogP contribution in [-0.2, 0) is 9.47 Å². The Kier molecular flexibility index (Phi) is 4.82. The number of carbonyl (C=O) groups excluding carboxylic acids is 1. The number of esters is 1. The molecule has 0 bridgehead atoms. The highest BCUT2D eigenvalue weighted by Gasteiger charge is 2.30. The molecule has 1 aliphatic heterocycles. The van der Waals surface area contributed by atoms with Gasteiger partial charge < -0.3 is 14.2 Å². The maximum atomic E-state index is 11.7. The zero-order chi connectivity index (χ0) is 13.8. The van der Waals surface area contributed by atoms with Gasteiger partial charge in [0.2, 0.25) is 0 Å². The number of methoxy groups -OCH3 is 1. The van der Waals surface area contributed by atoms with E-state index < -0.39 is 5.97 Å². The first kappa shape index (κ1) is 14.3. The highest BCUT2D eigenvalue weighted by molar-refractivity contribution is 9.09. The van der Waals surface area contributed by atoms with Gasteiger partial charge in [-0.05, 0) is 24.5 Å². The zero-order valence-electron chi connectivity index (χ0n) is 11.0. The van der Waals surface area contributed by atoms with Gasteiger partial charge in [0.1, 0.15) is 22.4 Å². The molecule has 0 unspecified atom stereocenters. The highest BCUT2D eigenvalue weighted by atomic mass is 79.9. The molecular weight excluding hydrogens is 312 g/mol. The summed E-state index contributed by atoms with van der Waals surface area (Å²) in [6, 6.07) is 7.08. The van der Waals surface area contributed by atoms with Crippen LogP contribution in [0.1, 0.15) is 23.7 Å². The number of rotatable bonds is 3. The number of halogens is 1. The molecule has 0 N–H and O–H groups in total. The molecule has 0 amide bonds. The predicted octanol–water partition coefficient (Wildman–Crippen LogP) is 3.00. The molecule has 0 aliphatic carbocycles. The van der Waals surface area contributed by atoms with Gasteiger partial charge in [-0.25, -0.2) is 4.79 Å². The van der Waals surface area contributed by atoms with Gasteiger partial charge in [0.25, 0.3) is 0 Å². The Labute approximate surface area is 121 Å². The average Bonchev–Trinajstić information content (AvgIpc) is 2.42. The number of hydrogen-bond donors (Lipinski definition) is 0. The largest absolute Gasteiger partial charge is 0.486 e. The molecule has 104 valence electrons. The standard InChI is InChI=1S/C14H17BrO4/c1-9-7-12(13(15)18-8-9)19-11-6-4-3-5-10(11)14(16)17-2/h3-6,9,12-13H,7-8H2,1-2H3/t9-,12-,13+/m1/s1. The summed E-state index contributed by atoms with van der Waals surface area (Å²) in [7, 11) is 1.36. The molecule has 0 radical (unpaired) electrons. The fourth-order valence-corrected chi connectivity index (χ4v) is 2.52. The molecule has 1 aromatic rings. The molecule has 1 aliphatic rings. The van der Waals surface area contributed by atoms with E-state index in [1.807, 2.05) is 6.07 Å². The molecule has 19 heavy (non-hydrogen) atoms. The molecule has 3 atom stereocenters. The van der Waals surface area contributed by atoms with Crippen molar-refractivity contribution in [2.24, 2.45) is 5.92 Å². The van der Waals surface area contributed by atoms with Crippen molar-refractivity contribution < 1.29 is 19.0 Å². The maximum absolute atomic E-state index is 11.7. The van der Waals surface area contributed by atoms with Crippen LogP contribution >= 0.6 is 15.9 Å². The molecule has 1 saturated heterocycles. The Morgan fingerprint density at radius 3 is 2.89 bits per heavy atom. The van der Waals surface area contributed by atoms with E-state index in [4.69, 9.17) is 14.2 Å². The van der Waals surface area contributed by atoms with E-state index in [-0.39, 0.29) is 11.1 Å². The Morgan fingerprint density at radius 1 is 1.42 bits per heavy atom. The molecule has 0 aromatic heterocycles. The van der Waals surface area contributed by atoms with Crippen molar-refractivity contribution >= 4 is 21.9 Å². The molecule has 4 nitrogen and oxygen atoms in total. The quantitative estimate of drug-likeness (QED) is 0.632. The van der Waals surface area contributed by atoms with Gasteiger partial charge in [0, 0.05) is 0 Å². The molecule has 0 spiro atoms. The normalized spacial score (nSPS) is 26.8. The SMILES string of the molecule is COC(=O)c1ccccc1O[C@@H]1C[C@@H](C)CO[C@@H]1Br. The van der Waals surface area contributed by atoms with Crippen LogP contribution in [0.4, 0.5) is 0 Å². The van der Waals surface area contributed by atoms with Gasteiger partial charge in [-0.3, -0.25) is 0 Å². The first-order valence-electron chi connectivity index (χ1n) is 6.21. The lowest BCUT2D eigenvalue weighted by molar-refractivity contribution is -0.0361. The lowest BCUT2D eigenvalue weighted by Crippen LogP contribution is -2.38. The maximum Gasteiger partial charge on any atom is 0.341 e. The van der Waals surface area contributed by atoms with Crippen molar-refractivity contribution in [3.05, 3.63) is 29.8 Å². The van der Waals surface area contributed by atoms with Crippen LogP contribution in [0.3, 0.4) is 0 Å². The van der Waals surface area contributed by atoms with E-state index >= 15 is 0 Å². The van der Waals surface area contributed by atoms with Crippen LogP contribution in [0, 0.1) is 5.92 Å². The van der Waals surface area contributed by atoms with Crippen molar-refractivity contribution in [1.29, 1.82) is 0 Å². The van der Waals surface area contributed by atoms with Crippen molar-refractivity contribution in [2.45, 2.75) is 24.5 Å². The van der Waals surface area contributed by atoms with E-state index in [0.29, 0.717) is 23.8 Å². The van der Waals surface area contributed by atoms with E-state index in [0.717, 1.165) is 6.42 Å². The van der Waals surface area contributed by atoms with Crippen LogP contribution in [0.15, 0.2) is 24.3 Å². The Balaban J connectivity index is 2.16. The topological polar surface area (TPSA) is 44.8 Å². The molecular formula is C14H17BrO4. The summed E-state index contributed by atoms with van der Waals surface area (Å²) in [4.78, 5) is 11.7. The van der Waals surface area contributed by atoms with Crippen LogP contribution in [0.5, 0.6) is 5.75 Å². The van der Waals surface area contributed by atoms with Crippen molar-refractivity contribution in [3.8, 4) is 5.75 Å². The van der Waals surface area contributed by atoms with Crippen LogP contribution in [0.2, 0.25) is 0 Å². The van der Waals surface area contributed by atoms with Gasteiger partial charge in [-0.2, -0.15) is 0 Å². The van der Waals surface area contributed by atoms with Gasteiger partial charge in [0.05, 0.1) is 13.7 Å². The second-order valence-corrected chi connectivity index (χ2v) is 5.57. The summed E-state index contributed by atoms with van der Waals surface area (Å²) in [5.41, 5.74) is 0.433. The van der Waals surface area contributed by atoms with E-state index in [1.54, 1.807) is 18.2 Å². The molecule has 5 heteroatoms. The minimum absolute atomic E-state index is 0.116. The number of ether oxygens (including phenoxy) is 3. The highest BCUT2D eigenvalue weighted by Crippen LogP contribution is 2.29. The first-order chi connectivity index (χ1) is 9.11. The number of hydrogen-bond acceptors (Lipinski definition) is 4. The summed E-state index contributed by atoms with van der Waals surface area (Å²) in [5, 5.41) is -0.158. The van der Waals surface area contributed by atoms with Crippen LogP contribution < -0.4 is 4.74 Å². The Hall–Kier alpha value is -1.07. The van der Waals surface area contributed by atoms with E-state index in [9.17, 15) is 4.79 Å². The molecule has 1 aromatic carbocycles. The molecule has 1 heterocycles. The summed E-state index contributed by atoms with van der Waals surface area (Å²) in [6.45, 7) is 2.83. The smallest absolute Gasteiger partial charge is 0.341 e. The predicted molar refractivity (Wildman–Crippen MR) is 74.6 cm³/mol. The monoisotopic (exact) mass is 328 g/mol. The molecule has 0 saturated carbocycles. The summed E-state index contributed by atoms with van der Waals surface area (Å²) < 4.78 is 16.2. The minimum Gasteiger partial charge on any atom is -0.486 e. The lowest BCUT2D eigenvalue weighted by Gasteiger charge is -2.32. The van der Waals surface area contributed by atoms with Crippen molar-refractivity contribution in [3.63, 3.8) is 0 Å². The third-order valence-electron chi connectivity index (χ3n) is 3.04. The van der Waals surface area contributed by atoms with E-state index in [1.165, 1.54) is 7.11 Å². The molecule has 2 rings (SSSR count). The lowest BCUT2D eigenvalue weighted by atomic mass is 10.0. The number of benzene rings is 1. The molecule has 1 fully saturated rings. The number of carbonyl (C=O) groups is 1. The van der Waals surface area contributed by atoms with Crippen LogP contribution in [0.25, 0.3) is 0 Å². The van der Waals surface area contributed by atoms with Gasteiger partial charge in [-0.1, -0.05) is 35.0 Å². The summed E-state index contributed by atoms with van der Waals surface area (Å²) in [6.07, 6.45) is 0.764. The fourth-order valence-electron chi connectivity index (χ4n) is 2.05. The van der Waals surface area contributed by atoms with Crippen molar-refractivity contribution in [1.82, 2.24) is 0 Å². The van der Waals surface area contributed by atoms with Gasteiger partial charge in [-0.15, -0.1) is 0 Å². The second-order valence-electron chi connectivity index (χ2n) is 4.67. The third kappa shape index (κ3) is 3.48. The summed E-state index contributed by atoms with van der Waals surface area (Å²) >= 11 is 3.45. The van der Waals surface area contributed by atoms with Crippen LogP contribution in [-0.4, -0.2) is 30.8 Å². The third-order valence-corrected chi connectivity index (χ3v) is 3.89. The van der Waals surface area contributed by atoms with Gasteiger partial charge in [0.15, 0.2) is 0 Å². The fraction of sp³-hybridized carbons (Fsp3) is 0.500. The second kappa shape index (κ2) is 6.39. The number of alkyl halides is 1. The Morgan fingerprint density at radius 2 is 2.16 bits per heavy atom. The number of para-hydroxylation sites is 1. The minimum atomic E-state index is -0.397. The first-order valence-corrected chi connectivity index (χ1v) is 7.13. The Bertz CT molecular complexity index is 449. The van der Waals surface area contributed by atoms with E-state index in [2.05, 4.69) is 22.9 Å². The average molecular weight is 329 g/mol. The summed E-state index contributed by atoms with van der Waals surface area (Å²) in [5.74, 6) is 0.567. The van der Waals surface area contributed by atoms with Crippen molar-refractivity contribution in [2.75, 3.05) is 13.7 Å². The zero-order valence-corrected chi connectivity index (χ0v) is 12.6. The van der Waals surface area contributed by atoms with Gasteiger partial charge >= 0.3 is 5.97 Å².